The number of fused-ring (bicyclic) bond motifs is 1. The van der Waals surface area contributed by atoms with Crippen molar-refractivity contribution in [1.82, 2.24) is 9.88 Å². The number of carbonyl (C=O) groups excluding carboxylic acids is 1. The van der Waals surface area contributed by atoms with Crippen LogP contribution in [-0.4, -0.2) is 55.2 Å². The third kappa shape index (κ3) is 4.53. The summed E-state index contributed by atoms with van der Waals surface area (Å²) in [7, 11) is 0. The summed E-state index contributed by atoms with van der Waals surface area (Å²) in [6.45, 7) is 5.07. The summed E-state index contributed by atoms with van der Waals surface area (Å²) in [5, 5.41) is 9.08. The molecule has 0 aliphatic carbocycles. The zero-order chi connectivity index (χ0) is 23.6. The highest BCUT2D eigenvalue weighted by atomic mass is 19.4. The summed E-state index contributed by atoms with van der Waals surface area (Å²) in [6, 6.07) is 8.93. The molecule has 3 heterocycles. The maximum atomic E-state index is 13.5. The highest BCUT2D eigenvalue weighted by Crippen LogP contribution is 2.45. The van der Waals surface area contributed by atoms with Gasteiger partial charge in [0, 0.05) is 62.2 Å². The number of ether oxygens (including phenoxy) is 1. The monoisotopic (exact) mass is 458 g/mol. The van der Waals surface area contributed by atoms with Gasteiger partial charge in [0.05, 0.1) is 29.4 Å². The Morgan fingerprint density at radius 2 is 2.15 bits per heavy atom. The molecule has 0 unspecified atom stereocenters. The molecule has 0 spiro atoms. The summed E-state index contributed by atoms with van der Waals surface area (Å²) >= 11 is 0. The second kappa shape index (κ2) is 9.02. The molecule has 2 aliphatic rings. The number of alkyl halides is 3. The molecule has 0 N–H and O–H groups in total. The van der Waals surface area contributed by atoms with Gasteiger partial charge >= 0.3 is 6.18 Å². The van der Waals surface area contributed by atoms with Crippen molar-refractivity contribution in [2.75, 3.05) is 44.3 Å². The van der Waals surface area contributed by atoms with E-state index in [1.807, 2.05) is 16.7 Å². The van der Waals surface area contributed by atoms with Gasteiger partial charge in [0.25, 0.3) is 5.91 Å². The standard InChI is InChI=1S/C24H25F3N4O2/c1-2-33-16-23-7-9-30(20-6-5-17(11-28)21(10-20)24(25,26)27)13-19(23)14-31(15-23)22(32)18-4-3-8-29-12-18/h3-6,8,10,12,19H,2,7,9,13-16H2,1H3/t19-,23+/m1/s1. The van der Waals surface area contributed by atoms with E-state index >= 15 is 0 Å². The smallest absolute Gasteiger partial charge is 0.381 e. The highest BCUT2D eigenvalue weighted by molar-refractivity contribution is 5.94. The Bertz CT molecular complexity index is 1050. The van der Waals surface area contributed by atoms with Crippen LogP contribution >= 0.6 is 0 Å². The Hall–Kier alpha value is -3.12. The lowest BCUT2D eigenvalue weighted by atomic mass is 9.73. The van der Waals surface area contributed by atoms with Crippen LogP contribution in [0.1, 0.15) is 34.8 Å². The van der Waals surface area contributed by atoms with Gasteiger partial charge in [0.15, 0.2) is 0 Å². The van der Waals surface area contributed by atoms with Gasteiger partial charge in [0.1, 0.15) is 0 Å². The maximum Gasteiger partial charge on any atom is 0.417 e. The SMILES string of the molecule is CCOC[C@@]12CCN(c3ccc(C#N)c(C(F)(F)F)c3)C[C@@H]1CN(C(=O)c1cccnc1)C2. The van der Waals surface area contributed by atoms with Crippen molar-refractivity contribution in [2.45, 2.75) is 19.5 Å². The number of amides is 1. The van der Waals surface area contributed by atoms with Crippen LogP contribution in [0.15, 0.2) is 42.7 Å². The molecule has 0 radical (unpaired) electrons. The number of carbonyl (C=O) groups is 1. The first-order valence-corrected chi connectivity index (χ1v) is 10.9. The average molecular weight is 458 g/mol. The molecule has 2 saturated heterocycles. The van der Waals surface area contributed by atoms with E-state index in [4.69, 9.17) is 10.00 Å². The Balaban J connectivity index is 1.59. The summed E-state index contributed by atoms with van der Waals surface area (Å²) < 4.78 is 46.2. The third-order valence-electron chi connectivity index (χ3n) is 6.72. The van der Waals surface area contributed by atoms with E-state index < -0.39 is 11.7 Å². The second-order valence-electron chi connectivity index (χ2n) is 8.66. The molecule has 0 saturated carbocycles. The Morgan fingerprint density at radius 3 is 2.82 bits per heavy atom. The minimum absolute atomic E-state index is 0.0448. The summed E-state index contributed by atoms with van der Waals surface area (Å²) in [5.74, 6) is -0.0546. The van der Waals surface area contributed by atoms with Crippen LogP contribution in [0, 0.1) is 22.7 Å². The van der Waals surface area contributed by atoms with Crippen LogP contribution in [0.4, 0.5) is 18.9 Å². The fourth-order valence-corrected chi connectivity index (χ4v) is 4.95. The zero-order valence-corrected chi connectivity index (χ0v) is 18.3. The van der Waals surface area contributed by atoms with Gasteiger partial charge in [-0.15, -0.1) is 0 Å². The van der Waals surface area contributed by atoms with E-state index in [2.05, 4.69) is 4.98 Å². The van der Waals surface area contributed by atoms with E-state index in [-0.39, 0.29) is 22.8 Å². The van der Waals surface area contributed by atoms with Gasteiger partial charge in [-0.05, 0) is 43.7 Å². The molecule has 9 heteroatoms. The first-order chi connectivity index (χ1) is 15.8. The van der Waals surface area contributed by atoms with Crippen molar-refractivity contribution in [1.29, 1.82) is 5.26 Å². The quantitative estimate of drug-likeness (QED) is 0.678. The molecule has 1 aromatic carbocycles. The first-order valence-electron chi connectivity index (χ1n) is 10.9. The van der Waals surface area contributed by atoms with Crippen LogP contribution in [0.2, 0.25) is 0 Å². The van der Waals surface area contributed by atoms with Crippen LogP contribution in [0.25, 0.3) is 0 Å². The number of anilines is 1. The van der Waals surface area contributed by atoms with Gasteiger partial charge < -0.3 is 14.5 Å². The minimum Gasteiger partial charge on any atom is -0.381 e. The van der Waals surface area contributed by atoms with Gasteiger partial charge in [-0.1, -0.05) is 0 Å². The highest BCUT2D eigenvalue weighted by Gasteiger charge is 2.51. The Labute approximate surface area is 190 Å². The molecule has 33 heavy (non-hydrogen) atoms. The van der Waals surface area contributed by atoms with Crippen LogP contribution in [0.3, 0.4) is 0 Å². The number of hydrogen-bond acceptors (Lipinski definition) is 5. The number of likely N-dealkylation sites (tertiary alicyclic amines) is 1. The Kier molecular flexibility index (Phi) is 6.30. The first kappa shape index (κ1) is 23.1. The fraction of sp³-hybridized carbons (Fsp3) is 0.458. The number of piperidine rings is 1. The number of nitrogens with zero attached hydrogens (tertiary/aromatic N) is 4. The van der Waals surface area contributed by atoms with Gasteiger partial charge in [0.2, 0.25) is 0 Å². The van der Waals surface area contributed by atoms with Crippen molar-refractivity contribution in [2.24, 2.45) is 11.3 Å². The van der Waals surface area contributed by atoms with Crippen molar-refractivity contribution in [3.63, 3.8) is 0 Å². The molecular weight excluding hydrogens is 433 g/mol. The topological polar surface area (TPSA) is 69.5 Å². The summed E-state index contributed by atoms with van der Waals surface area (Å²) in [5.41, 5.74) is -0.606. The van der Waals surface area contributed by atoms with E-state index in [1.54, 1.807) is 36.7 Å². The summed E-state index contributed by atoms with van der Waals surface area (Å²) in [6.07, 6.45) is -0.755. The lowest BCUT2D eigenvalue weighted by molar-refractivity contribution is -0.137. The van der Waals surface area contributed by atoms with Crippen LogP contribution < -0.4 is 4.90 Å². The zero-order valence-electron chi connectivity index (χ0n) is 18.3. The predicted molar refractivity (Wildman–Crippen MR) is 116 cm³/mol. The number of hydrogen-bond donors (Lipinski definition) is 0. The lowest BCUT2D eigenvalue weighted by Gasteiger charge is -2.44. The molecular formula is C24H25F3N4O2. The van der Waals surface area contributed by atoms with Crippen molar-refractivity contribution in [3.8, 4) is 6.07 Å². The van der Waals surface area contributed by atoms with Crippen molar-refractivity contribution in [3.05, 3.63) is 59.4 Å². The van der Waals surface area contributed by atoms with Gasteiger partial charge in [-0.3, -0.25) is 9.78 Å². The molecule has 1 amide bonds. The lowest BCUT2D eigenvalue weighted by Crippen LogP contribution is -2.49. The molecule has 2 aliphatic heterocycles. The molecule has 6 nitrogen and oxygen atoms in total. The molecule has 174 valence electrons. The molecule has 2 fully saturated rings. The number of pyridine rings is 1. The molecule has 1 aromatic heterocycles. The minimum atomic E-state index is -4.60. The number of halogens is 3. The van der Waals surface area contributed by atoms with E-state index in [1.165, 1.54) is 6.07 Å². The van der Waals surface area contributed by atoms with Gasteiger partial charge in [-0.25, -0.2) is 0 Å². The number of aromatic nitrogens is 1. The number of rotatable bonds is 5. The fourth-order valence-electron chi connectivity index (χ4n) is 4.95. The maximum absolute atomic E-state index is 13.5. The normalized spacial score (nSPS) is 22.7. The summed E-state index contributed by atoms with van der Waals surface area (Å²) in [4.78, 5) is 20.8. The molecule has 4 rings (SSSR count). The van der Waals surface area contributed by atoms with Crippen molar-refractivity contribution >= 4 is 11.6 Å². The number of nitriles is 1. The van der Waals surface area contributed by atoms with E-state index in [0.29, 0.717) is 57.1 Å². The second-order valence-corrected chi connectivity index (χ2v) is 8.66. The molecule has 0 bridgehead atoms. The van der Waals surface area contributed by atoms with E-state index in [9.17, 15) is 18.0 Å². The largest absolute Gasteiger partial charge is 0.417 e. The van der Waals surface area contributed by atoms with E-state index in [0.717, 1.165) is 6.07 Å². The van der Waals surface area contributed by atoms with Crippen molar-refractivity contribution < 1.29 is 22.7 Å². The predicted octanol–water partition coefficient (Wildman–Crippen LogP) is 3.98. The van der Waals surface area contributed by atoms with Crippen LogP contribution in [-0.2, 0) is 10.9 Å². The van der Waals surface area contributed by atoms with Gasteiger partial charge in [-0.2, -0.15) is 18.4 Å². The third-order valence-corrected chi connectivity index (χ3v) is 6.72. The Morgan fingerprint density at radius 1 is 1.33 bits per heavy atom. The molecule has 2 atom stereocenters. The van der Waals surface area contributed by atoms with Crippen LogP contribution in [0.5, 0.6) is 0 Å². The number of benzene rings is 1. The molecule has 2 aromatic rings. The average Bonchev–Trinajstić information content (AvgIpc) is 3.21.